The van der Waals surface area contributed by atoms with E-state index in [1.807, 2.05) is 19.1 Å². The molecule has 2 aromatic carbocycles. The highest BCUT2D eigenvalue weighted by atomic mass is 19.1. The first kappa shape index (κ1) is 27.3. The maximum Gasteiger partial charge on any atom is 0.167 e. The fraction of sp³-hybridized carbons (Fsp3) is 0.400. The Bertz CT molecular complexity index is 1260. The van der Waals surface area contributed by atoms with Crippen molar-refractivity contribution in [2.24, 2.45) is 0 Å². The van der Waals surface area contributed by atoms with Crippen LogP contribution in [-0.4, -0.2) is 67.4 Å². The molecular formula is C30H35F2N5O2. The topological polar surface area (TPSA) is 73.2 Å². The van der Waals surface area contributed by atoms with Crippen LogP contribution in [0.3, 0.4) is 0 Å². The monoisotopic (exact) mass is 535 g/mol. The fourth-order valence-corrected chi connectivity index (χ4v) is 5.00. The third-order valence-corrected chi connectivity index (χ3v) is 7.08. The van der Waals surface area contributed by atoms with Gasteiger partial charge in [0.15, 0.2) is 11.6 Å². The molecule has 0 amide bonds. The zero-order valence-corrected chi connectivity index (χ0v) is 22.3. The van der Waals surface area contributed by atoms with Crippen LogP contribution in [0.1, 0.15) is 30.9 Å². The number of nitrogens with one attached hydrogen (secondary N) is 2. The molecule has 1 aromatic heterocycles. The number of hydrogen-bond donors (Lipinski definition) is 2. The van der Waals surface area contributed by atoms with Gasteiger partial charge in [-0.25, -0.2) is 8.78 Å². The number of nitrogens with zero attached hydrogens (tertiary/aromatic N) is 3. The molecular weight excluding hydrogens is 500 g/mol. The van der Waals surface area contributed by atoms with Crippen LogP contribution >= 0.6 is 0 Å². The van der Waals surface area contributed by atoms with E-state index in [0.29, 0.717) is 55.7 Å². The summed E-state index contributed by atoms with van der Waals surface area (Å²) in [4.78, 5) is 0. The Hall–Kier alpha value is -3.24. The predicted octanol–water partition coefficient (Wildman–Crippen LogP) is 4.70. The molecule has 0 atom stereocenters. The van der Waals surface area contributed by atoms with Crippen molar-refractivity contribution in [1.82, 2.24) is 25.4 Å². The Labute approximate surface area is 227 Å². The van der Waals surface area contributed by atoms with Crippen molar-refractivity contribution in [2.45, 2.75) is 26.3 Å². The summed E-state index contributed by atoms with van der Waals surface area (Å²) in [5.41, 5.74) is 4.59. The van der Waals surface area contributed by atoms with Gasteiger partial charge in [-0.05, 0) is 79.4 Å². The Morgan fingerprint density at radius 1 is 0.769 bits per heavy atom. The summed E-state index contributed by atoms with van der Waals surface area (Å²) in [5, 5.41) is 15.2. The molecule has 0 radical (unpaired) electrons. The maximum atomic E-state index is 15.5. The lowest BCUT2D eigenvalue weighted by atomic mass is 9.98. The minimum Gasteiger partial charge on any atom is -0.379 e. The van der Waals surface area contributed by atoms with Gasteiger partial charge in [0.25, 0.3) is 0 Å². The summed E-state index contributed by atoms with van der Waals surface area (Å²) < 4.78 is 43.8. The molecule has 2 aliphatic rings. The number of aromatic nitrogens is 3. The molecule has 3 heterocycles. The van der Waals surface area contributed by atoms with Crippen LogP contribution in [0.5, 0.6) is 0 Å². The van der Waals surface area contributed by atoms with Gasteiger partial charge in [-0.15, -0.1) is 10.2 Å². The van der Waals surface area contributed by atoms with Crippen LogP contribution in [0.25, 0.3) is 33.9 Å². The lowest BCUT2D eigenvalue weighted by Gasteiger charge is -2.16. The fourth-order valence-electron chi connectivity index (χ4n) is 5.00. The van der Waals surface area contributed by atoms with Gasteiger partial charge in [0.2, 0.25) is 0 Å². The van der Waals surface area contributed by atoms with E-state index in [1.165, 1.54) is 0 Å². The summed E-state index contributed by atoms with van der Waals surface area (Å²) in [6.07, 6.45) is 5.87. The highest BCUT2D eigenvalue weighted by Gasteiger charge is 2.22. The Balaban J connectivity index is 1.46. The normalized spacial score (nSPS) is 15.8. The zero-order valence-electron chi connectivity index (χ0n) is 22.3. The Morgan fingerprint density at radius 2 is 1.31 bits per heavy atom. The first-order valence-electron chi connectivity index (χ1n) is 13.6. The van der Waals surface area contributed by atoms with Gasteiger partial charge in [0.1, 0.15) is 11.6 Å². The first-order valence-corrected chi connectivity index (χ1v) is 13.6. The maximum absolute atomic E-state index is 15.5. The van der Waals surface area contributed by atoms with Gasteiger partial charge in [-0.3, -0.25) is 0 Å². The summed E-state index contributed by atoms with van der Waals surface area (Å²) >= 11 is 0. The van der Waals surface area contributed by atoms with Crippen molar-refractivity contribution in [1.29, 1.82) is 0 Å². The third-order valence-electron chi connectivity index (χ3n) is 7.08. The SMILES string of the molecule is CCOCCOCCn1c(-c2ccc(C3=CCNCC3)cc2F)nnc1-c1ccc(C2=CCNCC2)cc1F. The lowest BCUT2D eigenvalue weighted by Crippen LogP contribution is -2.20. The van der Waals surface area contributed by atoms with Crippen molar-refractivity contribution in [3.05, 3.63) is 71.3 Å². The van der Waals surface area contributed by atoms with E-state index in [1.54, 1.807) is 28.8 Å². The summed E-state index contributed by atoms with van der Waals surface area (Å²) in [5.74, 6) is -0.103. The van der Waals surface area contributed by atoms with Crippen LogP contribution in [-0.2, 0) is 16.0 Å². The average Bonchev–Trinajstić information content (AvgIpc) is 3.38. The molecule has 0 aliphatic carbocycles. The number of benzene rings is 2. The van der Waals surface area contributed by atoms with Crippen LogP contribution in [0, 0.1) is 11.6 Å². The van der Waals surface area contributed by atoms with Crippen molar-refractivity contribution in [3.63, 3.8) is 0 Å². The Kier molecular flexibility index (Phi) is 9.26. The molecule has 0 bridgehead atoms. The molecule has 39 heavy (non-hydrogen) atoms. The molecule has 0 fully saturated rings. The molecule has 0 spiro atoms. The van der Waals surface area contributed by atoms with Gasteiger partial charge < -0.3 is 24.7 Å². The molecule has 206 valence electrons. The summed E-state index contributed by atoms with van der Waals surface area (Å²) in [6, 6.07) is 10.4. The molecule has 0 unspecified atom stereocenters. The van der Waals surface area contributed by atoms with Crippen LogP contribution < -0.4 is 10.6 Å². The summed E-state index contributed by atoms with van der Waals surface area (Å²) in [7, 11) is 0. The van der Waals surface area contributed by atoms with Crippen LogP contribution in [0.4, 0.5) is 8.78 Å². The molecule has 9 heteroatoms. The molecule has 0 saturated heterocycles. The van der Waals surface area contributed by atoms with Gasteiger partial charge in [-0.1, -0.05) is 24.3 Å². The average molecular weight is 536 g/mol. The van der Waals surface area contributed by atoms with Gasteiger partial charge >= 0.3 is 0 Å². The van der Waals surface area contributed by atoms with Gasteiger partial charge in [0, 0.05) is 26.2 Å². The van der Waals surface area contributed by atoms with E-state index in [4.69, 9.17) is 9.47 Å². The molecule has 5 rings (SSSR count). The van der Waals surface area contributed by atoms with E-state index in [0.717, 1.165) is 61.3 Å². The minimum atomic E-state index is -0.391. The van der Waals surface area contributed by atoms with Crippen LogP contribution in [0.15, 0.2) is 48.6 Å². The molecule has 2 aliphatic heterocycles. The molecule has 3 aromatic rings. The van der Waals surface area contributed by atoms with E-state index >= 15 is 8.78 Å². The van der Waals surface area contributed by atoms with Crippen molar-refractivity contribution >= 4 is 11.1 Å². The lowest BCUT2D eigenvalue weighted by molar-refractivity contribution is 0.0499. The van der Waals surface area contributed by atoms with Crippen molar-refractivity contribution in [3.8, 4) is 22.8 Å². The summed E-state index contributed by atoms with van der Waals surface area (Å²) in [6.45, 7) is 7.42. The zero-order chi connectivity index (χ0) is 27.0. The second kappa shape index (κ2) is 13.2. The van der Waals surface area contributed by atoms with Gasteiger partial charge in [0.05, 0.1) is 30.9 Å². The molecule has 7 nitrogen and oxygen atoms in total. The smallest absolute Gasteiger partial charge is 0.167 e. The van der Waals surface area contributed by atoms with Crippen molar-refractivity contribution in [2.75, 3.05) is 52.6 Å². The van der Waals surface area contributed by atoms with E-state index < -0.39 is 11.6 Å². The molecule has 2 N–H and O–H groups in total. The third kappa shape index (κ3) is 6.50. The van der Waals surface area contributed by atoms with Crippen molar-refractivity contribution < 1.29 is 18.3 Å². The number of rotatable bonds is 11. The Morgan fingerprint density at radius 3 is 1.77 bits per heavy atom. The van der Waals surface area contributed by atoms with Gasteiger partial charge in [-0.2, -0.15) is 0 Å². The van der Waals surface area contributed by atoms with E-state index in [2.05, 4.69) is 33.0 Å². The number of ether oxygens (including phenoxy) is 2. The largest absolute Gasteiger partial charge is 0.379 e. The standard InChI is InChI=1S/C30H35F2N5O2/c1-2-38-17-18-39-16-15-37-29(25-5-3-23(19-27(25)31)21-7-11-33-12-8-21)35-36-30(37)26-6-4-24(20-28(26)32)22-9-13-34-14-10-22/h3-7,9,19-20,33-34H,2,8,10-18H2,1H3. The first-order chi connectivity index (χ1) is 19.2. The predicted molar refractivity (Wildman–Crippen MR) is 149 cm³/mol. The quantitative estimate of drug-likeness (QED) is 0.347. The van der Waals surface area contributed by atoms with E-state index in [9.17, 15) is 0 Å². The molecule has 0 saturated carbocycles. The second-order valence-corrected chi connectivity index (χ2v) is 9.56. The van der Waals surface area contributed by atoms with Crippen LogP contribution in [0.2, 0.25) is 0 Å². The highest BCUT2D eigenvalue weighted by Crippen LogP contribution is 2.32. The second-order valence-electron chi connectivity index (χ2n) is 9.56. The number of hydrogen-bond acceptors (Lipinski definition) is 6. The number of halogens is 2. The van der Waals surface area contributed by atoms with E-state index in [-0.39, 0.29) is 0 Å². The minimum absolute atomic E-state index is 0.318. The highest BCUT2D eigenvalue weighted by molar-refractivity contribution is 5.72.